The number of aromatic nitrogens is 1. The lowest BCUT2D eigenvalue weighted by Gasteiger charge is -2.10. The van der Waals surface area contributed by atoms with Gasteiger partial charge in [-0.05, 0) is 36.8 Å². The van der Waals surface area contributed by atoms with E-state index >= 15 is 0 Å². The van der Waals surface area contributed by atoms with Crippen LogP contribution in [0.3, 0.4) is 0 Å². The van der Waals surface area contributed by atoms with Crippen LogP contribution in [0.1, 0.15) is 22.8 Å². The molecule has 0 saturated heterocycles. The molecule has 0 aliphatic rings. The van der Waals surface area contributed by atoms with Crippen LogP contribution in [0.4, 0.5) is 5.69 Å². The van der Waals surface area contributed by atoms with Crippen molar-refractivity contribution in [1.82, 2.24) is 9.71 Å². The van der Waals surface area contributed by atoms with E-state index < -0.39 is 10.0 Å². The van der Waals surface area contributed by atoms with Crippen LogP contribution in [0, 0.1) is 6.92 Å². The molecule has 7 heteroatoms. The van der Waals surface area contributed by atoms with E-state index in [9.17, 15) is 13.2 Å². The van der Waals surface area contributed by atoms with Gasteiger partial charge in [-0.3, -0.25) is 9.78 Å². The van der Waals surface area contributed by atoms with Gasteiger partial charge >= 0.3 is 0 Å². The van der Waals surface area contributed by atoms with Gasteiger partial charge in [-0.1, -0.05) is 13.0 Å². The molecule has 0 aliphatic carbocycles. The Morgan fingerprint density at radius 2 is 2.05 bits per heavy atom. The summed E-state index contributed by atoms with van der Waals surface area (Å²) in [5.41, 5.74) is 1.55. The number of pyridine rings is 1. The molecular weight excluding hydrogens is 302 g/mol. The first-order chi connectivity index (χ1) is 10.4. The Morgan fingerprint density at radius 3 is 2.68 bits per heavy atom. The molecule has 0 unspecified atom stereocenters. The van der Waals surface area contributed by atoms with Gasteiger partial charge in [0.25, 0.3) is 5.91 Å². The number of hydrogen-bond acceptors (Lipinski definition) is 4. The van der Waals surface area contributed by atoms with E-state index in [1.54, 1.807) is 38.2 Å². The van der Waals surface area contributed by atoms with Crippen LogP contribution in [-0.2, 0) is 10.0 Å². The Hall–Kier alpha value is -2.25. The second kappa shape index (κ2) is 6.67. The number of carbonyl (C=O) groups is 1. The number of sulfonamides is 1. The lowest BCUT2D eigenvalue weighted by molar-refractivity contribution is 0.102. The van der Waals surface area contributed by atoms with Crippen molar-refractivity contribution in [2.75, 3.05) is 11.9 Å². The van der Waals surface area contributed by atoms with Gasteiger partial charge in [0.1, 0.15) is 0 Å². The Labute approximate surface area is 129 Å². The van der Waals surface area contributed by atoms with E-state index in [-0.39, 0.29) is 17.3 Å². The number of aryl methyl sites for hydroxylation is 1. The van der Waals surface area contributed by atoms with Gasteiger partial charge in [0.05, 0.1) is 16.8 Å². The zero-order valence-electron chi connectivity index (χ0n) is 12.3. The number of amides is 1. The topological polar surface area (TPSA) is 88.2 Å². The Kier molecular flexibility index (Phi) is 4.89. The van der Waals surface area contributed by atoms with E-state index in [2.05, 4.69) is 15.0 Å². The molecule has 0 saturated carbocycles. The normalized spacial score (nSPS) is 11.2. The van der Waals surface area contributed by atoms with E-state index in [1.165, 1.54) is 18.3 Å². The highest BCUT2D eigenvalue weighted by Crippen LogP contribution is 2.17. The second-order valence-electron chi connectivity index (χ2n) is 4.67. The number of nitrogens with one attached hydrogen (secondary N) is 2. The molecule has 1 aromatic carbocycles. The fourth-order valence-corrected chi connectivity index (χ4v) is 2.99. The monoisotopic (exact) mass is 319 g/mol. The molecule has 0 atom stereocenters. The number of nitrogens with zero attached hydrogens (tertiary/aromatic N) is 1. The molecule has 1 aromatic heterocycles. The van der Waals surface area contributed by atoms with E-state index in [4.69, 9.17) is 0 Å². The van der Waals surface area contributed by atoms with Crippen LogP contribution in [0.15, 0.2) is 47.6 Å². The third kappa shape index (κ3) is 3.69. The molecule has 1 heterocycles. The fraction of sp³-hybridized carbons (Fsp3) is 0.200. The zero-order chi connectivity index (χ0) is 16.2. The maximum Gasteiger partial charge on any atom is 0.256 e. The first-order valence-electron chi connectivity index (χ1n) is 6.75. The van der Waals surface area contributed by atoms with Crippen molar-refractivity contribution >= 4 is 21.6 Å². The largest absolute Gasteiger partial charge is 0.321 e. The quantitative estimate of drug-likeness (QED) is 0.881. The van der Waals surface area contributed by atoms with E-state index in [1.807, 2.05) is 0 Å². The molecule has 2 N–H and O–H groups in total. The first kappa shape index (κ1) is 16.1. The Morgan fingerprint density at radius 1 is 1.27 bits per heavy atom. The number of hydrogen-bond donors (Lipinski definition) is 2. The maximum absolute atomic E-state index is 12.3. The van der Waals surface area contributed by atoms with Crippen LogP contribution >= 0.6 is 0 Å². The van der Waals surface area contributed by atoms with Crippen molar-refractivity contribution in [3.63, 3.8) is 0 Å². The summed E-state index contributed by atoms with van der Waals surface area (Å²) in [5, 5.41) is 2.69. The van der Waals surface area contributed by atoms with Gasteiger partial charge in [0.15, 0.2) is 0 Å². The van der Waals surface area contributed by atoms with Crippen molar-refractivity contribution in [1.29, 1.82) is 0 Å². The molecular formula is C15H17N3O3S. The summed E-state index contributed by atoms with van der Waals surface area (Å²) in [5.74, 6) is -0.376. The standard InChI is InChI=1S/C15H17N3O3S/c1-3-17-22(20,21)13-7-6-11(2)14(9-13)15(19)18-12-5-4-8-16-10-12/h4-10,17H,3H2,1-2H3,(H,18,19). The number of carbonyl (C=O) groups excluding carboxylic acids is 1. The Bertz CT molecular complexity index is 774. The number of rotatable bonds is 5. The number of anilines is 1. The van der Waals surface area contributed by atoms with Gasteiger partial charge < -0.3 is 5.32 Å². The smallest absolute Gasteiger partial charge is 0.256 e. The van der Waals surface area contributed by atoms with Gasteiger partial charge in [0.2, 0.25) is 10.0 Å². The molecule has 2 rings (SSSR count). The summed E-state index contributed by atoms with van der Waals surface area (Å²) in [6.07, 6.45) is 3.12. The lowest BCUT2D eigenvalue weighted by Crippen LogP contribution is -2.24. The maximum atomic E-state index is 12.3. The van der Waals surface area contributed by atoms with Gasteiger partial charge in [-0.25, -0.2) is 13.1 Å². The molecule has 116 valence electrons. The average Bonchev–Trinajstić information content (AvgIpc) is 2.48. The van der Waals surface area contributed by atoms with Crippen molar-refractivity contribution < 1.29 is 13.2 Å². The van der Waals surface area contributed by atoms with Crippen LogP contribution in [0.25, 0.3) is 0 Å². The SMILES string of the molecule is CCNS(=O)(=O)c1ccc(C)c(C(=O)Nc2cccnc2)c1. The molecule has 1 amide bonds. The molecule has 0 fully saturated rings. The van der Waals surface area contributed by atoms with Crippen molar-refractivity contribution in [2.24, 2.45) is 0 Å². The summed E-state index contributed by atoms with van der Waals surface area (Å²) < 4.78 is 26.5. The van der Waals surface area contributed by atoms with Crippen molar-refractivity contribution in [2.45, 2.75) is 18.7 Å². The molecule has 2 aromatic rings. The Balaban J connectivity index is 2.33. The first-order valence-corrected chi connectivity index (χ1v) is 8.24. The van der Waals surface area contributed by atoms with Crippen LogP contribution in [-0.4, -0.2) is 25.9 Å². The van der Waals surface area contributed by atoms with Gasteiger partial charge in [-0.2, -0.15) is 0 Å². The third-order valence-corrected chi connectivity index (χ3v) is 4.56. The highest BCUT2D eigenvalue weighted by atomic mass is 32.2. The molecule has 0 radical (unpaired) electrons. The summed E-state index contributed by atoms with van der Waals surface area (Å²) in [6, 6.07) is 7.88. The van der Waals surface area contributed by atoms with Crippen LogP contribution < -0.4 is 10.0 Å². The molecule has 0 spiro atoms. The minimum Gasteiger partial charge on any atom is -0.321 e. The summed E-state index contributed by atoms with van der Waals surface area (Å²) in [4.78, 5) is 16.3. The van der Waals surface area contributed by atoms with Crippen molar-refractivity contribution in [3.8, 4) is 0 Å². The minimum absolute atomic E-state index is 0.0660. The molecule has 0 bridgehead atoms. The highest BCUT2D eigenvalue weighted by Gasteiger charge is 2.17. The van der Waals surface area contributed by atoms with Gasteiger partial charge in [-0.15, -0.1) is 0 Å². The summed E-state index contributed by atoms with van der Waals surface area (Å²) in [6.45, 7) is 3.73. The van der Waals surface area contributed by atoms with Crippen LogP contribution in [0.2, 0.25) is 0 Å². The van der Waals surface area contributed by atoms with E-state index in [0.717, 1.165) is 0 Å². The molecule has 6 nitrogen and oxygen atoms in total. The second-order valence-corrected chi connectivity index (χ2v) is 6.44. The average molecular weight is 319 g/mol. The fourth-order valence-electron chi connectivity index (χ4n) is 1.92. The highest BCUT2D eigenvalue weighted by molar-refractivity contribution is 7.89. The third-order valence-electron chi connectivity index (χ3n) is 3.02. The molecule has 0 aliphatic heterocycles. The minimum atomic E-state index is -3.60. The van der Waals surface area contributed by atoms with Crippen LogP contribution in [0.5, 0.6) is 0 Å². The van der Waals surface area contributed by atoms with Crippen molar-refractivity contribution in [3.05, 3.63) is 53.9 Å². The lowest BCUT2D eigenvalue weighted by atomic mass is 10.1. The predicted octanol–water partition coefficient (Wildman–Crippen LogP) is 1.94. The van der Waals surface area contributed by atoms with E-state index in [0.29, 0.717) is 16.8 Å². The van der Waals surface area contributed by atoms with Gasteiger partial charge in [0, 0.05) is 18.3 Å². The number of benzene rings is 1. The zero-order valence-corrected chi connectivity index (χ0v) is 13.1. The summed E-state index contributed by atoms with van der Waals surface area (Å²) >= 11 is 0. The molecule has 22 heavy (non-hydrogen) atoms. The predicted molar refractivity (Wildman–Crippen MR) is 84.2 cm³/mol. The summed E-state index contributed by atoms with van der Waals surface area (Å²) in [7, 11) is -3.60.